The minimum Gasteiger partial charge on any atom is -0.357 e. The van der Waals surface area contributed by atoms with Gasteiger partial charge in [-0.2, -0.15) is 0 Å². The zero-order chi connectivity index (χ0) is 15.0. The van der Waals surface area contributed by atoms with Crippen molar-refractivity contribution >= 4 is 16.0 Å². The molecule has 0 aromatic heterocycles. The Kier molecular flexibility index (Phi) is 7.29. The molecular formula is C13H28N4O2S. The number of nitrogens with one attached hydrogen (secondary N) is 2. The number of likely N-dealkylation sites (tertiary alicyclic amines) is 1. The highest BCUT2D eigenvalue weighted by atomic mass is 32.2. The molecular weight excluding hydrogens is 276 g/mol. The summed E-state index contributed by atoms with van der Waals surface area (Å²) in [5.41, 5.74) is 0. The summed E-state index contributed by atoms with van der Waals surface area (Å²) in [6, 6.07) is 0. The first-order valence-corrected chi connectivity index (χ1v) is 9.14. The monoisotopic (exact) mass is 304 g/mol. The van der Waals surface area contributed by atoms with Crippen molar-refractivity contribution in [2.75, 3.05) is 38.5 Å². The van der Waals surface area contributed by atoms with Crippen LogP contribution in [-0.2, 0) is 10.0 Å². The second-order valence-electron chi connectivity index (χ2n) is 5.20. The van der Waals surface area contributed by atoms with Crippen molar-refractivity contribution in [1.29, 1.82) is 0 Å². The minimum atomic E-state index is -3.12. The maximum atomic E-state index is 11.3. The summed E-state index contributed by atoms with van der Waals surface area (Å²) in [4.78, 5) is 6.77. The number of nitrogens with zero attached hydrogens (tertiary/aromatic N) is 2. The summed E-state index contributed by atoms with van der Waals surface area (Å²) in [6.07, 6.45) is 2.37. The van der Waals surface area contributed by atoms with Crippen LogP contribution in [0.1, 0.15) is 33.6 Å². The van der Waals surface area contributed by atoms with Crippen LogP contribution < -0.4 is 10.0 Å². The molecule has 2 N–H and O–H groups in total. The van der Waals surface area contributed by atoms with Gasteiger partial charge in [-0.3, -0.25) is 4.99 Å². The van der Waals surface area contributed by atoms with Crippen molar-refractivity contribution in [3.05, 3.63) is 0 Å². The van der Waals surface area contributed by atoms with Crippen LogP contribution in [-0.4, -0.2) is 57.8 Å². The number of rotatable bonds is 6. The highest BCUT2D eigenvalue weighted by molar-refractivity contribution is 7.89. The van der Waals surface area contributed by atoms with Crippen LogP contribution in [0.25, 0.3) is 0 Å². The van der Waals surface area contributed by atoms with Gasteiger partial charge in [-0.05, 0) is 32.6 Å². The lowest BCUT2D eigenvalue weighted by molar-refractivity contribution is 0.273. The van der Waals surface area contributed by atoms with E-state index in [1.54, 1.807) is 6.92 Å². The largest absolute Gasteiger partial charge is 0.357 e. The molecule has 0 spiro atoms. The molecule has 1 saturated heterocycles. The first kappa shape index (κ1) is 17.2. The van der Waals surface area contributed by atoms with Gasteiger partial charge in [0.25, 0.3) is 0 Å². The van der Waals surface area contributed by atoms with E-state index < -0.39 is 10.0 Å². The summed E-state index contributed by atoms with van der Waals surface area (Å²) < 4.78 is 25.2. The van der Waals surface area contributed by atoms with Crippen LogP contribution >= 0.6 is 0 Å². The van der Waals surface area contributed by atoms with E-state index in [9.17, 15) is 8.42 Å². The van der Waals surface area contributed by atoms with Gasteiger partial charge in [0, 0.05) is 26.2 Å². The lowest BCUT2D eigenvalue weighted by Gasteiger charge is -2.33. The van der Waals surface area contributed by atoms with Gasteiger partial charge in [-0.15, -0.1) is 0 Å². The first-order chi connectivity index (χ1) is 9.48. The van der Waals surface area contributed by atoms with E-state index in [-0.39, 0.29) is 5.75 Å². The molecule has 0 atom stereocenters. The molecule has 1 heterocycles. The van der Waals surface area contributed by atoms with E-state index in [1.807, 2.05) is 6.92 Å². The molecule has 0 aliphatic carbocycles. The molecule has 7 heteroatoms. The van der Waals surface area contributed by atoms with Crippen LogP contribution in [0, 0.1) is 5.92 Å². The smallest absolute Gasteiger partial charge is 0.211 e. The van der Waals surface area contributed by atoms with Crippen LogP contribution in [0.3, 0.4) is 0 Å². The number of hydrogen-bond donors (Lipinski definition) is 2. The Balaban J connectivity index is 2.46. The van der Waals surface area contributed by atoms with E-state index >= 15 is 0 Å². The van der Waals surface area contributed by atoms with Gasteiger partial charge in [0.2, 0.25) is 10.0 Å². The normalized spacial score (nSPS) is 18.4. The van der Waals surface area contributed by atoms with Crippen LogP contribution in [0.4, 0.5) is 0 Å². The fourth-order valence-electron chi connectivity index (χ4n) is 2.11. The average Bonchev–Trinajstić information content (AvgIpc) is 2.43. The van der Waals surface area contributed by atoms with Crippen molar-refractivity contribution in [3.63, 3.8) is 0 Å². The lowest BCUT2D eigenvalue weighted by Crippen LogP contribution is -2.45. The van der Waals surface area contributed by atoms with E-state index in [4.69, 9.17) is 0 Å². The Morgan fingerprint density at radius 2 is 1.95 bits per heavy atom. The van der Waals surface area contributed by atoms with Gasteiger partial charge < -0.3 is 10.2 Å². The molecule has 0 unspecified atom stereocenters. The molecule has 0 saturated carbocycles. The summed E-state index contributed by atoms with van der Waals surface area (Å²) >= 11 is 0. The highest BCUT2D eigenvalue weighted by Gasteiger charge is 2.18. The topological polar surface area (TPSA) is 73.8 Å². The standard InChI is InChI=1S/C13H28N4O2S/c1-4-14-13(17-10-6-12(3)7-11-17)15-8-9-16-20(18,19)5-2/h12,16H,4-11H2,1-3H3,(H,14,15). The van der Waals surface area contributed by atoms with E-state index in [1.165, 1.54) is 12.8 Å². The number of aliphatic imine (C=N–C) groups is 1. The third-order valence-electron chi connectivity index (χ3n) is 3.49. The summed E-state index contributed by atoms with van der Waals surface area (Å²) in [5.74, 6) is 1.79. The minimum absolute atomic E-state index is 0.112. The van der Waals surface area contributed by atoms with Gasteiger partial charge in [-0.1, -0.05) is 6.92 Å². The SMILES string of the molecule is CCNC(=NCCNS(=O)(=O)CC)N1CCC(C)CC1. The van der Waals surface area contributed by atoms with Crippen molar-refractivity contribution in [2.24, 2.45) is 10.9 Å². The molecule has 0 aromatic carbocycles. The second-order valence-corrected chi connectivity index (χ2v) is 7.30. The van der Waals surface area contributed by atoms with Crippen molar-refractivity contribution in [2.45, 2.75) is 33.6 Å². The van der Waals surface area contributed by atoms with Gasteiger partial charge in [0.1, 0.15) is 0 Å². The van der Waals surface area contributed by atoms with Crippen LogP contribution in [0.15, 0.2) is 4.99 Å². The molecule has 0 aromatic rings. The fraction of sp³-hybridized carbons (Fsp3) is 0.923. The molecule has 1 aliphatic heterocycles. The molecule has 0 bridgehead atoms. The van der Waals surface area contributed by atoms with Gasteiger partial charge in [-0.25, -0.2) is 13.1 Å². The van der Waals surface area contributed by atoms with Crippen molar-refractivity contribution < 1.29 is 8.42 Å². The Morgan fingerprint density at radius 3 is 2.50 bits per heavy atom. The molecule has 1 aliphatic rings. The van der Waals surface area contributed by atoms with Crippen molar-refractivity contribution in [3.8, 4) is 0 Å². The second kappa shape index (κ2) is 8.46. The Labute approximate surface area is 123 Å². The van der Waals surface area contributed by atoms with Crippen LogP contribution in [0.5, 0.6) is 0 Å². The Hall–Kier alpha value is -0.820. The van der Waals surface area contributed by atoms with Gasteiger partial charge >= 0.3 is 0 Å². The predicted molar refractivity (Wildman–Crippen MR) is 83.4 cm³/mol. The van der Waals surface area contributed by atoms with Gasteiger partial charge in [0.05, 0.1) is 12.3 Å². The zero-order valence-electron chi connectivity index (χ0n) is 12.9. The van der Waals surface area contributed by atoms with Crippen LogP contribution in [0.2, 0.25) is 0 Å². The number of hydrogen-bond acceptors (Lipinski definition) is 3. The van der Waals surface area contributed by atoms with E-state index in [2.05, 4.69) is 26.9 Å². The molecule has 1 fully saturated rings. The van der Waals surface area contributed by atoms with Gasteiger partial charge in [0.15, 0.2) is 5.96 Å². The zero-order valence-corrected chi connectivity index (χ0v) is 13.7. The average molecular weight is 304 g/mol. The third kappa shape index (κ3) is 6.09. The highest BCUT2D eigenvalue weighted by Crippen LogP contribution is 2.15. The number of piperidine rings is 1. The summed E-state index contributed by atoms with van der Waals surface area (Å²) in [5, 5.41) is 3.28. The Morgan fingerprint density at radius 1 is 1.30 bits per heavy atom. The molecule has 20 heavy (non-hydrogen) atoms. The number of sulfonamides is 1. The summed E-state index contributed by atoms with van der Waals surface area (Å²) in [6.45, 7) is 9.64. The quantitative estimate of drug-likeness (QED) is 0.429. The third-order valence-corrected chi connectivity index (χ3v) is 4.90. The van der Waals surface area contributed by atoms with E-state index in [0.29, 0.717) is 13.1 Å². The fourth-order valence-corrected chi connectivity index (χ4v) is 2.72. The molecule has 0 radical (unpaired) electrons. The summed E-state index contributed by atoms with van der Waals surface area (Å²) in [7, 11) is -3.12. The first-order valence-electron chi connectivity index (χ1n) is 7.49. The molecule has 6 nitrogen and oxygen atoms in total. The molecule has 1 rings (SSSR count). The van der Waals surface area contributed by atoms with Crippen molar-refractivity contribution in [1.82, 2.24) is 14.9 Å². The molecule has 118 valence electrons. The maximum absolute atomic E-state index is 11.3. The molecule has 0 amide bonds. The van der Waals surface area contributed by atoms with E-state index in [0.717, 1.165) is 31.5 Å². The Bertz CT molecular complexity index is 401. The number of guanidine groups is 1. The predicted octanol–water partition coefficient (Wildman–Crippen LogP) is 0.623. The maximum Gasteiger partial charge on any atom is 0.211 e. The lowest BCUT2D eigenvalue weighted by atomic mass is 10.00.